The topological polar surface area (TPSA) is 78.9 Å². The van der Waals surface area contributed by atoms with Gasteiger partial charge in [0.2, 0.25) is 0 Å². The largest absolute Gasteiger partial charge is 0.462 e. The summed E-state index contributed by atoms with van der Waals surface area (Å²) in [6.45, 7) is 8.99. The zero-order valence-electron chi connectivity index (χ0n) is 40.9. The van der Waals surface area contributed by atoms with E-state index in [0.717, 1.165) is 63.7 Å². The van der Waals surface area contributed by atoms with Crippen LogP contribution in [-0.4, -0.2) is 37.2 Å². The van der Waals surface area contributed by atoms with Crippen molar-refractivity contribution in [1.82, 2.24) is 0 Å². The van der Waals surface area contributed by atoms with Crippen LogP contribution < -0.4 is 0 Å². The summed E-state index contributed by atoms with van der Waals surface area (Å²) in [5.41, 5.74) is 0. The van der Waals surface area contributed by atoms with Gasteiger partial charge in [0.05, 0.1) is 0 Å². The lowest BCUT2D eigenvalue weighted by molar-refractivity contribution is -0.167. The summed E-state index contributed by atoms with van der Waals surface area (Å²) in [7, 11) is 0. The molecule has 60 heavy (non-hydrogen) atoms. The molecule has 0 amide bonds. The summed E-state index contributed by atoms with van der Waals surface area (Å²) < 4.78 is 16.8. The van der Waals surface area contributed by atoms with Crippen molar-refractivity contribution in [3.63, 3.8) is 0 Å². The molecule has 0 rings (SSSR count). The predicted molar refractivity (Wildman–Crippen MR) is 257 cm³/mol. The molecule has 0 saturated carbocycles. The van der Waals surface area contributed by atoms with Crippen LogP contribution in [0.2, 0.25) is 0 Å². The molecular weight excluding hydrogens is 745 g/mol. The highest BCUT2D eigenvalue weighted by Crippen LogP contribution is 2.17. The van der Waals surface area contributed by atoms with Gasteiger partial charge >= 0.3 is 17.9 Å². The zero-order chi connectivity index (χ0) is 43.8. The summed E-state index contributed by atoms with van der Waals surface area (Å²) in [6.07, 6.45) is 51.0. The molecule has 0 spiro atoms. The van der Waals surface area contributed by atoms with Crippen molar-refractivity contribution in [3.8, 4) is 0 Å². The van der Waals surface area contributed by atoms with Crippen LogP contribution in [0.15, 0.2) is 0 Å². The maximum Gasteiger partial charge on any atom is 0.306 e. The molecule has 6 nitrogen and oxygen atoms in total. The molecule has 0 aliphatic rings. The normalized spacial score (nSPS) is 11.9. The van der Waals surface area contributed by atoms with Crippen molar-refractivity contribution in [2.75, 3.05) is 13.2 Å². The summed E-state index contributed by atoms with van der Waals surface area (Å²) in [5, 5.41) is 0. The SMILES string of the molecule is CCCCCCCCCCCCCCCCCCCC(=O)OC[C@H](COC(=O)CCCCCCCCCCCCCCCCC)OC(=O)CCCCCCCCCC(C)C. The summed E-state index contributed by atoms with van der Waals surface area (Å²) in [6, 6.07) is 0. The number of esters is 3. The van der Waals surface area contributed by atoms with Crippen molar-refractivity contribution in [1.29, 1.82) is 0 Å². The number of unbranched alkanes of at least 4 members (excludes halogenated alkanes) is 36. The first-order valence-electron chi connectivity index (χ1n) is 26.9. The first-order chi connectivity index (χ1) is 29.4. The molecule has 0 aliphatic heterocycles. The average molecular weight is 849 g/mol. The third kappa shape index (κ3) is 47.5. The minimum Gasteiger partial charge on any atom is -0.462 e. The van der Waals surface area contributed by atoms with E-state index in [9.17, 15) is 14.4 Å². The highest BCUT2D eigenvalue weighted by molar-refractivity contribution is 5.71. The van der Waals surface area contributed by atoms with Crippen LogP contribution in [0.5, 0.6) is 0 Å². The van der Waals surface area contributed by atoms with Crippen molar-refractivity contribution in [2.24, 2.45) is 5.92 Å². The Kier molecular flexibility index (Phi) is 47.2. The Balaban J connectivity index is 4.24. The number of hydrogen-bond acceptors (Lipinski definition) is 6. The fraction of sp³-hybridized carbons (Fsp3) is 0.944. The number of carbonyl (C=O) groups excluding carboxylic acids is 3. The van der Waals surface area contributed by atoms with Gasteiger partial charge < -0.3 is 14.2 Å². The summed E-state index contributed by atoms with van der Waals surface area (Å²) in [4.78, 5) is 37.9. The fourth-order valence-corrected chi connectivity index (χ4v) is 8.22. The van der Waals surface area contributed by atoms with E-state index in [1.54, 1.807) is 0 Å². The Morgan fingerprint density at radius 2 is 0.550 bits per heavy atom. The minimum absolute atomic E-state index is 0.0633. The molecule has 0 unspecified atom stereocenters. The van der Waals surface area contributed by atoms with Gasteiger partial charge in [0.1, 0.15) is 13.2 Å². The molecule has 1 atom stereocenters. The molecule has 0 aromatic heterocycles. The van der Waals surface area contributed by atoms with Crippen LogP contribution in [-0.2, 0) is 28.6 Å². The molecule has 6 heteroatoms. The van der Waals surface area contributed by atoms with E-state index < -0.39 is 6.10 Å². The van der Waals surface area contributed by atoms with Crippen LogP contribution >= 0.6 is 0 Å². The van der Waals surface area contributed by atoms with E-state index in [2.05, 4.69) is 27.7 Å². The Morgan fingerprint density at radius 1 is 0.317 bits per heavy atom. The molecule has 356 valence electrons. The molecule has 0 heterocycles. The van der Waals surface area contributed by atoms with Gasteiger partial charge in [0.25, 0.3) is 0 Å². The second-order valence-electron chi connectivity index (χ2n) is 19.0. The fourth-order valence-electron chi connectivity index (χ4n) is 8.22. The van der Waals surface area contributed by atoms with Gasteiger partial charge in [-0.2, -0.15) is 0 Å². The Hall–Kier alpha value is -1.59. The molecule has 0 N–H and O–H groups in total. The van der Waals surface area contributed by atoms with Crippen LogP contribution in [0.4, 0.5) is 0 Å². The maximum absolute atomic E-state index is 12.8. The predicted octanol–water partition coefficient (Wildman–Crippen LogP) is 17.5. The van der Waals surface area contributed by atoms with Crippen molar-refractivity contribution >= 4 is 17.9 Å². The van der Waals surface area contributed by atoms with Crippen molar-refractivity contribution < 1.29 is 28.6 Å². The van der Waals surface area contributed by atoms with E-state index in [0.29, 0.717) is 19.3 Å². The van der Waals surface area contributed by atoms with Crippen LogP contribution in [0.1, 0.15) is 304 Å². The van der Waals surface area contributed by atoms with E-state index in [1.807, 2.05) is 0 Å². The molecular formula is C54H104O6. The number of carbonyl (C=O) groups is 3. The van der Waals surface area contributed by atoms with Gasteiger partial charge in [0.15, 0.2) is 6.10 Å². The van der Waals surface area contributed by atoms with Gasteiger partial charge in [0, 0.05) is 19.3 Å². The summed E-state index contributed by atoms with van der Waals surface area (Å²) in [5.74, 6) is -0.0673. The van der Waals surface area contributed by atoms with Gasteiger partial charge in [-0.25, -0.2) is 0 Å². The molecule has 0 bridgehead atoms. The number of hydrogen-bond donors (Lipinski definition) is 0. The monoisotopic (exact) mass is 849 g/mol. The molecule has 0 aliphatic carbocycles. The van der Waals surface area contributed by atoms with Crippen molar-refractivity contribution in [3.05, 3.63) is 0 Å². The van der Waals surface area contributed by atoms with Crippen LogP contribution in [0.25, 0.3) is 0 Å². The number of rotatable bonds is 49. The molecule has 0 aromatic carbocycles. The first kappa shape index (κ1) is 58.4. The number of ether oxygens (including phenoxy) is 3. The van der Waals surface area contributed by atoms with E-state index in [4.69, 9.17) is 14.2 Å². The highest BCUT2D eigenvalue weighted by Gasteiger charge is 2.19. The van der Waals surface area contributed by atoms with E-state index >= 15 is 0 Å². The lowest BCUT2D eigenvalue weighted by Gasteiger charge is -2.18. The van der Waals surface area contributed by atoms with Crippen LogP contribution in [0.3, 0.4) is 0 Å². The van der Waals surface area contributed by atoms with E-state index in [1.165, 1.54) is 199 Å². The Bertz CT molecular complexity index is 903. The van der Waals surface area contributed by atoms with Gasteiger partial charge in [-0.3, -0.25) is 14.4 Å². The van der Waals surface area contributed by atoms with Crippen molar-refractivity contribution in [2.45, 2.75) is 310 Å². The summed E-state index contributed by atoms with van der Waals surface area (Å²) >= 11 is 0. The highest BCUT2D eigenvalue weighted by atomic mass is 16.6. The van der Waals surface area contributed by atoms with Gasteiger partial charge in [-0.1, -0.05) is 265 Å². The molecule has 0 radical (unpaired) electrons. The molecule has 0 fully saturated rings. The quantitative estimate of drug-likeness (QED) is 0.0345. The van der Waals surface area contributed by atoms with Crippen LogP contribution in [0, 0.1) is 5.92 Å². The third-order valence-electron chi connectivity index (χ3n) is 12.3. The maximum atomic E-state index is 12.8. The average Bonchev–Trinajstić information content (AvgIpc) is 3.23. The Labute approximate surface area is 374 Å². The second-order valence-corrected chi connectivity index (χ2v) is 19.0. The first-order valence-corrected chi connectivity index (χ1v) is 26.9. The molecule has 0 saturated heterocycles. The zero-order valence-corrected chi connectivity index (χ0v) is 40.9. The lowest BCUT2D eigenvalue weighted by atomic mass is 10.0. The standard InChI is InChI=1S/C54H104O6/c1-5-7-9-11-13-15-17-19-21-22-24-26-28-30-34-38-42-46-53(56)59-49-51(60-54(57)47-43-39-35-31-32-36-40-44-50(3)4)48-58-52(55)45-41-37-33-29-27-25-23-20-18-16-14-12-10-8-6-2/h50-51H,5-49H2,1-4H3/t51-/m0/s1. The van der Waals surface area contributed by atoms with Gasteiger partial charge in [-0.05, 0) is 25.2 Å². The smallest absolute Gasteiger partial charge is 0.306 e. The van der Waals surface area contributed by atoms with E-state index in [-0.39, 0.29) is 31.1 Å². The second kappa shape index (κ2) is 48.4. The third-order valence-corrected chi connectivity index (χ3v) is 12.3. The molecule has 0 aromatic rings. The van der Waals surface area contributed by atoms with Gasteiger partial charge in [-0.15, -0.1) is 0 Å². The lowest BCUT2D eigenvalue weighted by Crippen LogP contribution is -2.30. The Morgan fingerprint density at radius 3 is 0.817 bits per heavy atom. The minimum atomic E-state index is -0.761.